The number of imidazole rings is 1. The van der Waals surface area contributed by atoms with Crippen molar-refractivity contribution in [1.82, 2.24) is 9.55 Å². The predicted octanol–water partition coefficient (Wildman–Crippen LogP) is 2.98. The number of hydrogen-bond donors (Lipinski definition) is 0. The molecule has 0 aliphatic carbocycles. The normalized spacial score (nSPS) is 10.8. The van der Waals surface area contributed by atoms with Gasteiger partial charge in [-0.2, -0.15) is 0 Å². The van der Waals surface area contributed by atoms with Crippen LogP contribution in [0.1, 0.15) is 21.7 Å². The van der Waals surface area contributed by atoms with Crippen molar-refractivity contribution in [2.45, 2.75) is 6.42 Å². The zero-order chi connectivity index (χ0) is 13.2. The largest absolute Gasteiger partial charge is 0.331 e. The van der Waals surface area contributed by atoms with Crippen LogP contribution in [0, 0.1) is 0 Å². The maximum Gasteiger partial charge on any atom is 0.150 e. The Labute approximate surface area is 111 Å². The first kappa shape index (κ1) is 11.7. The van der Waals surface area contributed by atoms with Gasteiger partial charge >= 0.3 is 0 Å². The first-order chi connectivity index (χ1) is 9.28. The molecule has 3 aromatic rings. The van der Waals surface area contributed by atoms with Gasteiger partial charge in [-0.05, 0) is 23.8 Å². The standard InChI is InChI=1S/C16H14N2O/c1-18-15-8-3-2-7-14(15)17-16(18)10-12-5-4-6-13(9-12)11-19/h2-9,11H,10H2,1H3. The summed E-state index contributed by atoms with van der Waals surface area (Å²) < 4.78 is 2.10. The number of aldehydes is 1. The minimum Gasteiger partial charge on any atom is -0.331 e. The molecule has 94 valence electrons. The van der Waals surface area contributed by atoms with E-state index in [4.69, 9.17) is 0 Å². The van der Waals surface area contributed by atoms with Crippen LogP contribution < -0.4 is 0 Å². The fraction of sp³-hybridized carbons (Fsp3) is 0.125. The summed E-state index contributed by atoms with van der Waals surface area (Å²) >= 11 is 0. The molecule has 19 heavy (non-hydrogen) atoms. The number of rotatable bonds is 3. The van der Waals surface area contributed by atoms with E-state index >= 15 is 0 Å². The SMILES string of the molecule is Cn1c(Cc2cccc(C=O)c2)nc2ccccc21. The van der Waals surface area contributed by atoms with Crippen LogP contribution in [0.2, 0.25) is 0 Å². The van der Waals surface area contributed by atoms with Crippen LogP contribution in [0.3, 0.4) is 0 Å². The average Bonchev–Trinajstić information content (AvgIpc) is 2.76. The lowest BCUT2D eigenvalue weighted by Gasteiger charge is -2.03. The molecule has 1 heterocycles. The van der Waals surface area contributed by atoms with Crippen LogP contribution in [0.15, 0.2) is 48.5 Å². The molecule has 2 aromatic carbocycles. The van der Waals surface area contributed by atoms with E-state index in [-0.39, 0.29) is 0 Å². The molecule has 0 bridgehead atoms. The monoisotopic (exact) mass is 250 g/mol. The summed E-state index contributed by atoms with van der Waals surface area (Å²) in [7, 11) is 2.02. The Morgan fingerprint density at radius 3 is 2.79 bits per heavy atom. The fourth-order valence-electron chi connectivity index (χ4n) is 2.31. The molecule has 0 aliphatic rings. The van der Waals surface area contributed by atoms with Crippen LogP contribution in [-0.4, -0.2) is 15.8 Å². The van der Waals surface area contributed by atoms with Crippen molar-refractivity contribution < 1.29 is 4.79 Å². The number of aryl methyl sites for hydroxylation is 1. The summed E-state index contributed by atoms with van der Waals surface area (Å²) in [5, 5.41) is 0. The highest BCUT2D eigenvalue weighted by Gasteiger charge is 2.07. The molecule has 0 saturated heterocycles. The van der Waals surface area contributed by atoms with E-state index in [1.165, 1.54) is 0 Å². The van der Waals surface area contributed by atoms with Gasteiger partial charge in [-0.1, -0.05) is 30.3 Å². The molecular weight excluding hydrogens is 236 g/mol. The van der Waals surface area contributed by atoms with Crippen molar-refractivity contribution in [2.24, 2.45) is 7.05 Å². The van der Waals surface area contributed by atoms with Gasteiger partial charge in [-0.3, -0.25) is 4.79 Å². The Morgan fingerprint density at radius 2 is 2.00 bits per heavy atom. The number of benzene rings is 2. The van der Waals surface area contributed by atoms with Crippen molar-refractivity contribution in [3.05, 3.63) is 65.5 Å². The third-order valence-electron chi connectivity index (χ3n) is 3.33. The maximum absolute atomic E-state index is 10.8. The molecule has 3 nitrogen and oxygen atoms in total. The molecule has 0 atom stereocenters. The summed E-state index contributed by atoms with van der Waals surface area (Å²) in [5.74, 6) is 1.00. The molecule has 3 rings (SSSR count). The van der Waals surface area contributed by atoms with Crippen molar-refractivity contribution in [2.75, 3.05) is 0 Å². The van der Waals surface area contributed by atoms with Gasteiger partial charge < -0.3 is 4.57 Å². The van der Waals surface area contributed by atoms with Gasteiger partial charge in [-0.15, -0.1) is 0 Å². The van der Waals surface area contributed by atoms with Gasteiger partial charge in [0.15, 0.2) is 0 Å². The summed E-state index contributed by atoms with van der Waals surface area (Å²) in [6, 6.07) is 15.7. The molecule has 0 saturated carbocycles. The highest BCUT2D eigenvalue weighted by molar-refractivity contribution is 5.76. The van der Waals surface area contributed by atoms with Gasteiger partial charge in [0.05, 0.1) is 11.0 Å². The Morgan fingerprint density at radius 1 is 1.16 bits per heavy atom. The Balaban J connectivity index is 2.00. The van der Waals surface area contributed by atoms with E-state index in [0.717, 1.165) is 35.1 Å². The minimum atomic E-state index is 0.705. The zero-order valence-electron chi connectivity index (χ0n) is 10.7. The van der Waals surface area contributed by atoms with E-state index < -0.39 is 0 Å². The second-order valence-corrected chi connectivity index (χ2v) is 4.62. The lowest BCUT2D eigenvalue weighted by molar-refractivity contribution is 0.112. The van der Waals surface area contributed by atoms with Crippen LogP contribution >= 0.6 is 0 Å². The average molecular weight is 250 g/mol. The molecule has 0 amide bonds. The van der Waals surface area contributed by atoms with Gasteiger partial charge in [-0.25, -0.2) is 4.98 Å². The molecule has 0 radical (unpaired) electrons. The van der Waals surface area contributed by atoms with Crippen molar-refractivity contribution in [3.8, 4) is 0 Å². The van der Waals surface area contributed by atoms with E-state index in [1.807, 2.05) is 49.5 Å². The molecule has 3 heteroatoms. The number of nitrogens with zero attached hydrogens (tertiary/aromatic N) is 2. The summed E-state index contributed by atoms with van der Waals surface area (Å²) in [5.41, 5.74) is 3.94. The van der Waals surface area contributed by atoms with Gasteiger partial charge in [0, 0.05) is 19.0 Å². The van der Waals surface area contributed by atoms with Crippen LogP contribution in [0.25, 0.3) is 11.0 Å². The van der Waals surface area contributed by atoms with E-state index in [2.05, 4.69) is 15.6 Å². The number of fused-ring (bicyclic) bond motifs is 1. The van der Waals surface area contributed by atoms with Crippen molar-refractivity contribution >= 4 is 17.3 Å². The van der Waals surface area contributed by atoms with Crippen LogP contribution in [0.4, 0.5) is 0 Å². The number of carbonyl (C=O) groups excluding carboxylic acids is 1. The number of carbonyl (C=O) groups is 1. The summed E-state index contributed by atoms with van der Waals surface area (Å²) in [6.45, 7) is 0. The van der Waals surface area contributed by atoms with Crippen molar-refractivity contribution in [1.29, 1.82) is 0 Å². The topological polar surface area (TPSA) is 34.9 Å². The fourth-order valence-corrected chi connectivity index (χ4v) is 2.31. The predicted molar refractivity (Wildman–Crippen MR) is 75.3 cm³/mol. The van der Waals surface area contributed by atoms with Crippen LogP contribution in [0.5, 0.6) is 0 Å². The number of aromatic nitrogens is 2. The first-order valence-corrected chi connectivity index (χ1v) is 6.22. The Bertz CT molecular complexity index is 743. The zero-order valence-corrected chi connectivity index (χ0v) is 10.7. The molecule has 0 spiro atoms. The minimum absolute atomic E-state index is 0.705. The lowest BCUT2D eigenvalue weighted by atomic mass is 10.1. The van der Waals surface area contributed by atoms with E-state index in [9.17, 15) is 4.79 Å². The number of para-hydroxylation sites is 2. The summed E-state index contributed by atoms with van der Waals surface area (Å²) in [4.78, 5) is 15.4. The maximum atomic E-state index is 10.8. The van der Waals surface area contributed by atoms with Gasteiger partial charge in [0.1, 0.15) is 12.1 Å². The van der Waals surface area contributed by atoms with E-state index in [1.54, 1.807) is 0 Å². The number of hydrogen-bond acceptors (Lipinski definition) is 2. The van der Waals surface area contributed by atoms with Gasteiger partial charge in [0.25, 0.3) is 0 Å². The van der Waals surface area contributed by atoms with Gasteiger partial charge in [0.2, 0.25) is 0 Å². The Kier molecular flexibility index (Phi) is 2.88. The lowest BCUT2D eigenvalue weighted by Crippen LogP contribution is -1.99. The molecule has 1 aromatic heterocycles. The van der Waals surface area contributed by atoms with Crippen molar-refractivity contribution in [3.63, 3.8) is 0 Å². The van der Waals surface area contributed by atoms with Crippen LogP contribution in [-0.2, 0) is 13.5 Å². The first-order valence-electron chi connectivity index (χ1n) is 6.22. The molecule has 0 fully saturated rings. The quantitative estimate of drug-likeness (QED) is 0.670. The molecule has 0 unspecified atom stereocenters. The molecule has 0 aliphatic heterocycles. The van der Waals surface area contributed by atoms with E-state index in [0.29, 0.717) is 5.56 Å². The molecular formula is C16H14N2O. The highest BCUT2D eigenvalue weighted by Crippen LogP contribution is 2.17. The summed E-state index contributed by atoms with van der Waals surface area (Å²) in [6.07, 6.45) is 1.60. The smallest absolute Gasteiger partial charge is 0.150 e. The third kappa shape index (κ3) is 2.15. The third-order valence-corrected chi connectivity index (χ3v) is 3.33. The second-order valence-electron chi connectivity index (χ2n) is 4.62. The second kappa shape index (κ2) is 4.69. The molecule has 0 N–H and O–H groups in total. The Hall–Kier alpha value is -2.42. The highest BCUT2D eigenvalue weighted by atomic mass is 16.1.